The van der Waals surface area contributed by atoms with Crippen LogP contribution < -0.4 is 0 Å². The molecule has 3 heteroatoms. The summed E-state index contributed by atoms with van der Waals surface area (Å²) in [6.07, 6.45) is 2.09. The Morgan fingerprint density at radius 3 is 2.56 bits per heavy atom. The Hall–Kier alpha value is -0.800. The van der Waals surface area contributed by atoms with Gasteiger partial charge in [0.15, 0.2) is 0 Å². The van der Waals surface area contributed by atoms with Crippen LogP contribution in [-0.4, -0.2) is 36.1 Å². The Labute approximate surface area is 114 Å². The van der Waals surface area contributed by atoms with Crippen molar-refractivity contribution in [2.24, 2.45) is 5.92 Å². The van der Waals surface area contributed by atoms with E-state index < -0.39 is 0 Å². The van der Waals surface area contributed by atoms with Crippen LogP contribution in [0.25, 0.3) is 0 Å². The SMILES string of the molecule is CC(=O)C1CCN(CCSc2ccccc2)CC1. The molecule has 1 saturated heterocycles. The van der Waals surface area contributed by atoms with Gasteiger partial charge in [-0.3, -0.25) is 4.79 Å². The quantitative estimate of drug-likeness (QED) is 0.761. The first-order chi connectivity index (χ1) is 8.75. The molecule has 0 atom stereocenters. The molecule has 0 amide bonds. The second kappa shape index (κ2) is 6.95. The van der Waals surface area contributed by atoms with Gasteiger partial charge in [0.05, 0.1) is 0 Å². The van der Waals surface area contributed by atoms with Gasteiger partial charge in [-0.2, -0.15) is 0 Å². The van der Waals surface area contributed by atoms with Gasteiger partial charge in [0.1, 0.15) is 5.78 Å². The first-order valence-electron chi connectivity index (χ1n) is 6.66. The molecule has 0 bridgehead atoms. The fraction of sp³-hybridized carbons (Fsp3) is 0.533. The third kappa shape index (κ3) is 4.14. The van der Waals surface area contributed by atoms with Crippen LogP contribution in [0.15, 0.2) is 35.2 Å². The van der Waals surface area contributed by atoms with Gasteiger partial charge in [0.25, 0.3) is 0 Å². The van der Waals surface area contributed by atoms with E-state index in [1.165, 1.54) is 4.90 Å². The minimum absolute atomic E-state index is 0.322. The number of Topliss-reactive ketones (excluding diaryl/α,β-unsaturated/α-hetero) is 1. The van der Waals surface area contributed by atoms with Crippen LogP contribution in [0, 0.1) is 5.92 Å². The number of piperidine rings is 1. The average molecular weight is 263 g/mol. The van der Waals surface area contributed by atoms with Gasteiger partial charge in [-0.05, 0) is 45.0 Å². The number of rotatable bonds is 5. The number of hydrogen-bond acceptors (Lipinski definition) is 3. The van der Waals surface area contributed by atoms with E-state index in [-0.39, 0.29) is 0 Å². The summed E-state index contributed by atoms with van der Waals surface area (Å²) in [5.41, 5.74) is 0. The second-order valence-corrected chi connectivity index (χ2v) is 6.06. The summed E-state index contributed by atoms with van der Waals surface area (Å²) in [6, 6.07) is 10.5. The minimum Gasteiger partial charge on any atom is -0.302 e. The number of likely N-dealkylation sites (tertiary alicyclic amines) is 1. The van der Waals surface area contributed by atoms with Crippen molar-refractivity contribution in [3.05, 3.63) is 30.3 Å². The molecule has 1 aliphatic rings. The third-order valence-corrected chi connectivity index (χ3v) is 4.57. The maximum absolute atomic E-state index is 11.3. The van der Waals surface area contributed by atoms with E-state index in [0.717, 1.165) is 38.2 Å². The molecule has 0 saturated carbocycles. The van der Waals surface area contributed by atoms with E-state index in [1.54, 1.807) is 6.92 Å². The van der Waals surface area contributed by atoms with Gasteiger partial charge >= 0.3 is 0 Å². The van der Waals surface area contributed by atoms with Crippen LogP contribution in [0.3, 0.4) is 0 Å². The zero-order valence-electron chi connectivity index (χ0n) is 11.0. The molecule has 1 aromatic rings. The number of benzene rings is 1. The molecule has 0 aliphatic carbocycles. The summed E-state index contributed by atoms with van der Waals surface area (Å²) < 4.78 is 0. The Kier molecular flexibility index (Phi) is 5.26. The number of thioether (sulfide) groups is 1. The Morgan fingerprint density at radius 2 is 1.94 bits per heavy atom. The topological polar surface area (TPSA) is 20.3 Å². The van der Waals surface area contributed by atoms with Crippen LogP contribution >= 0.6 is 11.8 Å². The van der Waals surface area contributed by atoms with E-state index in [9.17, 15) is 4.79 Å². The summed E-state index contributed by atoms with van der Waals surface area (Å²) >= 11 is 1.91. The normalized spacial score (nSPS) is 17.8. The Morgan fingerprint density at radius 1 is 1.28 bits per heavy atom. The van der Waals surface area contributed by atoms with Crippen LogP contribution in [-0.2, 0) is 4.79 Å². The smallest absolute Gasteiger partial charge is 0.133 e. The monoisotopic (exact) mass is 263 g/mol. The molecule has 98 valence electrons. The molecule has 0 aromatic heterocycles. The van der Waals surface area contributed by atoms with Gasteiger partial charge in [0.2, 0.25) is 0 Å². The maximum Gasteiger partial charge on any atom is 0.133 e. The number of hydrogen-bond donors (Lipinski definition) is 0. The molecule has 2 nitrogen and oxygen atoms in total. The van der Waals surface area contributed by atoms with Crippen molar-refractivity contribution in [2.45, 2.75) is 24.7 Å². The van der Waals surface area contributed by atoms with E-state index in [0.29, 0.717) is 11.7 Å². The van der Waals surface area contributed by atoms with Gasteiger partial charge in [-0.25, -0.2) is 0 Å². The van der Waals surface area contributed by atoms with Crippen LogP contribution in [0.5, 0.6) is 0 Å². The summed E-state index contributed by atoms with van der Waals surface area (Å²) in [5, 5.41) is 0. The minimum atomic E-state index is 0.322. The summed E-state index contributed by atoms with van der Waals surface area (Å²) in [6.45, 7) is 5.02. The van der Waals surface area contributed by atoms with Crippen LogP contribution in [0.1, 0.15) is 19.8 Å². The van der Waals surface area contributed by atoms with Crippen molar-refractivity contribution in [3.8, 4) is 0 Å². The van der Waals surface area contributed by atoms with Crippen molar-refractivity contribution >= 4 is 17.5 Å². The lowest BCUT2D eigenvalue weighted by atomic mass is 9.93. The molecular formula is C15H21NOS. The second-order valence-electron chi connectivity index (χ2n) is 4.89. The molecular weight excluding hydrogens is 242 g/mol. The third-order valence-electron chi connectivity index (χ3n) is 3.58. The maximum atomic E-state index is 11.3. The molecule has 0 radical (unpaired) electrons. The zero-order valence-corrected chi connectivity index (χ0v) is 11.8. The molecule has 0 N–H and O–H groups in total. The Bertz CT molecular complexity index is 371. The Balaban J connectivity index is 1.65. The van der Waals surface area contributed by atoms with Crippen molar-refractivity contribution in [2.75, 3.05) is 25.4 Å². The number of carbonyl (C=O) groups excluding carboxylic acids is 1. The lowest BCUT2D eigenvalue weighted by Crippen LogP contribution is -2.37. The molecule has 1 fully saturated rings. The molecule has 2 rings (SSSR count). The predicted molar refractivity (Wildman–Crippen MR) is 77.0 cm³/mol. The highest BCUT2D eigenvalue weighted by Crippen LogP contribution is 2.20. The molecule has 0 spiro atoms. The van der Waals surface area contributed by atoms with Crippen molar-refractivity contribution in [1.82, 2.24) is 4.90 Å². The standard InChI is InChI=1S/C15H21NOS/c1-13(17)14-7-9-16(10-8-14)11-12-18-15-5-3-2-4-6-15/h2-6,14H,7-12H2,1H3. The highest BCUT2D eigenvalue weighted by molar-refractivity contribution is 7.99. The molecule has 1 aromatic carbocycles. The van der Waals surface area contributed by atoms with Crippen LogP contribution in [0.2, 0.25) is 0 Å². The fourth-order valence-corrected chi connectivity index (χ4v) is 3.31. The zero-order chi connectivity index (χ0) is 12.8. The first kappa shape index (κ1) is 13.6. The van der Waals surface area contributed by atoms with E-state index in [4.69, 9.17) is 0 Å². The first-order valence-corrected chi connectivity index (χ1v) is 7.65. The largest absolute Gasteiger partial charge is 0.302 e. The van der Waals surface area contributed by atoms with Gasteiger partial charge in [-0.15, -0.1) is 11.8 Å². The molecule has 0 unspecified atom stereocenters. The summed E-state index contributed by atoms with van der Waals surface area (Å²) in [4.78, 5) is 15.1. The lowest BCUT2D eigenvalue weighted by Gasteiger charge is -2.30. The van der Waals surface area contributed by atoms with Crippen molar-refractivity contribution in [1.29, 1.82) is 0 Å². The van der Waals surface area contributed by atoms with Gasteiger partial charge in [0, 0.05) is 23.1 Å². The highest BCUT2D eigenvalue weighted by Gasteiger charge is 2.21. The van der Waals surface area contributed by atoms with Gasteiger partial charge < -0.3 is 4.90 Å². The predicted octanol–water partition coefficient (Wildman–Crippen LogP) is 3.08. The number of nitrogens with zero attached hydrogens (tertiary/aromatic N) is 1. The fourth-order valence-electron chi connectivity index (χ4n) is 2.37. The average Bonchev–Trinajstić information content (AvgIpc) is 2.40. The lowest BCUT2D eigenvalue weighted by molar-refractivity contribution is -0.122. The molecule has 1 aliphatic heterocycles. The van der Waals surface area contributed by atoms with Crippen molar-refractivity contribution < 1.29 is 4.79 Å². The van der Waals surface area contributed by atoms with Crippen LogP contribution in [0.4, 0.5) is 0 Å². The van der Waals surface area contributed by atoms with E-state index >= 15 is 0 Å². The molecule has 18 heavy (non-hydrogen) atoms. The van der Waals surface area contributed by atoms with Gasteiger partial charge in [-0.1, -0.05) is 18.2 Å². The number of carbonyl (C=O) groups is 1. The highest BCUT2D eigenvalue weighted by atomic mass is 32.2. The van der Waals surface area contributed by atoms with Crippen molar-refractivity contribution in [3.63, 3.8) is 0 Å². The number of ketones is 1. The van der Waals surface area contributed by atoms with E-state index in [1.807, 2.05) is 11.8 Å². The summed E-state index contributed by atoms with van der Waals surface area (Å²) in [5.74, 6) is 1.82. The summed E-state index contributed by atoms with van der Waals surface area (Å²) in [7, 11) is 0. The molecule has 1 heterocycles. The van der Waals surface area contributed by atoms with E-state index in [2.05, 4.69) is 35.2 Å².